The number of rotatable bonds is 0. The lowest BCUT2D eigenvalue weighted by molar-refractivity contribution is -0.142. The van der Waals surface area contributed by atoms with Crippen LogP contribution in [0.2, 0.25) is 0 Å². The molecule has 0 saturated heterocycles. The summed E-state index contributed by atoms with van der Waals surface area (Å²) >= 11 is 0. The predicted octanol–water partition coefficient (Wildman–Crippen LogP) is 2.44. The largest absolute Gasteiger partial charge is 0.433 e. The molecule has 17 heavy (non-hydrogen) atoms. The van der Waals surface area contributed by atoms with Gasteiger partial charge in [0.2, 0.25) is 0 Å². The molecule has 0 atom stereocenters. The summed E-state index contributed by atoms with van der Waals surface area (Å²) in [5.41, 5.74) is -1.29. The van der Waals surface area contributed by atoms with E-state index in [4.69, 9.17) is 0 Å². The van der Waals surface area contributed by atoms with Gasteiger partial charge in [-0.15, -0.1) is 5.10 Å². The Kier molecular flexibility index (Phi) is 2.37. The second-order valence-corrected chi connectivity index (χ2v) is 4.73. The van der Waals surface area contributed by atoms with Crippen molar-refractivity contribution in [3.63, 3.8) is 0 Å². The molecule has 0 radical (unpaired) electrons. The van der Waals surface area contributed by atoms with E-state index in [0.717, 1.165) is 16.8 Å². The summed E-state index contributed by atoms with van der Waals surface area (Å²) in [4.78, 5) is 7.78. The lowest BCUT2D eigenvalue weighted by atomic mass is 9.96. The van der Waals surface area contributed by atoms with Gasteiger partial charge in [-0.05, 0) is 6.07 Å². The lowest BCUT2D eigenvalue weighted by Gasteiger charge is -2.12. The normalized spacial score (nSPS) is 13.3. The summed E-state index contributed by atoms with van der Waals surface area (Å²) in [5.74, 6) is 0.298. The molecule has 0 N–H and O–H groups in total. The number of nitrogens with zero attached hydrogens (tertiary/aromatic N) is 4. The highest BCUT2D eigenvalue weighted by Gasteiger charge is 2.35. The molecule has 2 aromatic heterocycles. The molecule has 0 bridgehead atoms. The van der Waals surface area contributed by atoms with Crippen molar-refractivity contribution in [2.75, 3.05) is 0 Å². The summed E-state index contributed by atoms with van der Waals surface area (Å²) in [7, 11) is 0. The zero-order valence-electron chi connectivity index (χ0n) is 9.58. The van der Waals surface area contributed by atoms with Crippen molar-refractivity contribution in [3.05, 3.63) is 23.8 Å². The van der Waals surface area contributed by atoms with Crippen molar-refractivity contribution in [1.29, 1.82) is 0 Å². The lowest BCUT2D eigenvalue weighted by Crippen LogP contribution is -2.15. The van der Waals surface area contributed by atoms with Gasteiger partial charge in [0.05, 0.1) is 0 Å². The molecule has 0 saturated carbocycles. The third kappa shape index (κ3) is 2.09. The van der Waals surface area contributed by atoms with Crippen molar-refractivity contribution in [3.8, 4) is 0 Å². The zero-order chi connectivity index (χ0) is 12.8. The Balaban J connectivity index is 2.70. The summed E-state index contributed by atoms with van der Waals surface area (Å²) < 4.78 is 38.9. The summed E-state index contributed by atoms with van der Waals surface area (Å²) in [6.07, 6.45) is -3.39. The van der Waals surface area contributed by atoms with Crippen molar-refractivity contribution >= 4 is 5.78 Å². The average Bonchev–Trinajstić information content (AvgIpc) is 2.57. The van der Waals surface area contributed by atoms with Crippen LogP contribution in [0, 0.1) is 0 Å². The van der Waals surface area contributed by atoms with Crippen molar-refractivity contribution < 1.29 is 13.2 Å². The number of halogens is 3. The highest BCUT2D eigenvalue weighted by molar-refractivity contribution is 5.30. The van der Waals surface area contributed by atoms with Gasteiger partial charge in [-0.25, -0.2) is 4.98 Å². The van der Waals surface area contributed by atoms with Crippen molar-refractivity contribution in [2.24, 2.45) is 0 Å². The summed E-state index contributed by atoms with van der Waals surface area (Å²) in [6.45, 7) is 5.49. The molecule has 0 aliphatic carbocycles. The Morgan fingerprint density at radius 2 is 1.82 bits per heavy atom. The molecule has 0 aliphatic rings. The first kappa shape index (κ1) is 11.8. The van der Waals surface area contributed by atoms with E-state index in [-0.39, 0.29) is 5.78 Å². The second-order valence-electron chi connectivity index (χ2n) is 4.73. The molecule has 4 nitrogen and oxygen atoms in total. The van der Waals surface area contributed by atoms with E-state index in [1.165, 1.54) is 0 Å². The van der Waals surface area contributed by atoms with Gasteiger partial charge in [0.25, 0.3) is 5.78 Å². The van der Waals surface area contributed by atoms with Gasteiger partial charge in [0.1, 0.15) is 0 Å². The number of fused-ring (bicyclic) bond motifs is 1. The van der Waals surface area contributed by atoms with Gasteiger partial charge in [0, 0.05) is 11.6 Å². The molecule has 0 fully saturated rings. The average molecular weight is 244 g/mol. The molecule has 0 aromatic carbocycles. The van der Waals surface area contributed by atoms with E-state index >= 15 is 0 Å². The maximum Gasteiger partial charge on any atom is 0.433 e. The molecule has 0 unspecified atom stereocenters. The van der Waals surface area contributed by atoms with Gasteiger partial charge in [-0.1, -0.05) is 20.8 Å². The molecular weight excluding hydrogens is 233 g/mol. The van der Waals surface area contributed by atoms with E-state index in [0.29, 0.717) is 5.82 Å². The number of hydrogen-bond donors (Lipinski definition) is 0. The van der Waals surface area contributed by atoms with Gasteiger partial charge < -0.3 is 0 Å². The Labute approximate surface area is 95.5 Å². The standard InChI is InChI=1S/C10H11F3N4/c1-9(2,3)7-15-8-14-5-4-6(10(11,12)13)17(8)16-7/h4-5H,1-3H3. The monoisotopic (exact) mass is 244 g/mol. The van der Waals surface area contributed by atoms with Crippen LogP contribution in [0.5, 0.6) is 0 Å². The van der Waals surface area contributed by atoms with Gasteiger partial charge >= 0.3 is 6.18 Å². The fraction of sp³-hybridized carbons (Fsp3) is 0.500. The Morgan fingerprint density at radius 3 is 2.35 bits per heavy atom. The molecule has 2 aromatic rings. The summed E-state index contributed by atoms with van der Waals surface area (Å²) in [6, 6.07) is 0.883. The highest BCUT2D eigenvalue weighted by atomic mass is 19.4. The smallest absolute Gasteiger partial charge is 0.220 e. The molecule has 2 rings (SSSR count). The summed E-state index contributed by atoms with van der Waals surface area (Å²) in [5, 5.41) is 3.87. The third-order valence-corrected chi connectivity index (χ3v) is 2.20. The molecule has 7 heteroatoms. The molecular formula is C10H11F3N4. The molecule has 0 amide bonds. The van der Waals surface area contributed by atoms with Crippen LogP contribution < -0.4 is 0 Å². The minimum absolute atomic E-state index is 0.0373. The van der Waals surface area contributed by atoms with Gasteiger partial charge in [-0.3, -0.25) is 0 Å². The third-order valence-electron chi connectivity index (χ3n) is 2.20. The Morgan fingerprint density at radius 1 is 1.18 bits per heavy atom. The number of aromatic nitrogens is 4. The first-order valence-electron chi connectivity index (χ1n) is 4.99. The zero-order valence-corrected chi connectivity index (χ0v) is 9.58. The van der Waals surface area contributed by atoms with Crippen molar-refractivity contribution in [1.82, 2.24) is 19.6 Å². The molecule has 2 heterocycles. The second kappa shape index (κ2) is 3.41. The minimum Gasteiger partial charge on any atom is -0.220 e. The van der Waals surface area contributed by atoms with Crippen LogP contribution in [-0.4, -0.2) is 19.6 Å². The van der Waals surface area contributed by atoms with Crippen LogP contribution >= 0.6 is 0 Å². The minimum atomic E-state index is -4.47. The maximum absolute atomic E-state index is 12.7. The number of hydrogen-bond acceptors (Lipinski definition) is 3. The first-order valence-corrected chi connectivity index (χ1v) is 4.99. The van der Waals surface area contributed by atoms with Crippen LogP contribution in [0.4, 0.5) is 13.2 Å². The highest BCUT2D eigenvalue weighted by Crippen LogP contribution is 2.29. The fourth-order valence-corrected chi connectivity index (χ4v) is 1.33. The van der Waals surface area contributed by atoms with E-state index in [1.54, 1.807) is 0 Å². The first-order chi connectivity index (χ1) is 7.69. The van der Waals surface area contributed by atoms with Crippen LogP contribution in [0.1, 0.15) is 32.3 Å². The Hall–Kier alpha value is -1.66. The quantitative estimate of drug-likeness (QED) is 0.714. The van der Waals surface area contributed by atoms with E-state index in [2.05, 4.69) is 15.1 Å². The predicted molar refractivity (Wildman–Crippen MR) is 54.5 cm³/mol. The van der Waals surface area contributed by atoms with Crippen LogP contribution in [-0.2, 0) is 11.6 Å². The molecule has 0 aliphatic heterocycles. The molecule has 0 spiro atoms. The van der Waals surface area contributed by atoms with Gasteiger partial charge in [-0.2, -0.15) is 22.7 Å². The van der Waals surface area contributed by atoms with E-state index in [9.17, 15) is 13.2 Å². The van der Waals surface area contributed by atoms with Crippen LogP contribution in [0.25, 0.3) is 5.78 Å². The SMILES string of the molecule is CC(C)(C)c1nc2nccc(C(F)(F)F)n2n1. The maximum atomic E-state index is 12.7. The fourth-order valence-electron chi connectivity index (χ4n) is 1.33. The Bertz CT molecular complexity index is 551. The van der Waals surface area contributed by atoms with E-state index in [1.807, 2.05) is 20.8 Å². The van der Waals surface area contributed by atoms with E-state index < -0.39 is 17.3 Å². The topological polar surface area (TPSA) is 43.1 Å². The van der Waals surface area contributed by atoms with Crippen molar-refractivity contribution in [2.45, 2.75) is 32.4 Å². The van der Waals surface area contributed by atoms with Crippen LogP contribution in [0.3, 0.4) is 0 Å². The molecule has 92 valence electrons. The number of alkyl halides is 3. The van der Waals surface area contributed by atoms with Gasteiger partial charge in [0.15, 0.2) is 11.5 Å². The van der Waals surface area contributed by atoms with Crippen LogP contribution in [0.15, 0.2) is 12.3 Å².